The lowest BCUT2D eigenvalue weighted by molar-refractivity contribution is 0.600. The second-order valence-electron chi connectivity index (χ2n) is 4.05. The Balaban J connectivity index is 2.37. The molecule has 0 radical (unpaired) electrons. The van der Waals surface area contributed by atoms with Gasteiger partial charge in [0.15, 0.2) is 0 Å². The lowest BCUT2D eigenvalue weighted by atomic mass is 10.2. The Labute approximate surface area is 112 Å². The maximum absolute atomic E-state index is 12.2. The number of aryl methyl sites for hydroxylation is 1. The molecule has 1 aromatic heterocycles. The molecule has 0 aliphatic rings. The minimum Gasteiger partial charge on any atom is -0.280 e. The number of pyridine rings is 1. The molecule has 4 nitrogen and oxygen atoms in total. The summed E-state index contributed by atoms with van der Waals surface area (Å²) in [6.45, 7) is 5.33. The van der Waals surface area contributed by atoms with Crippen LogP contribution in [0.25, 0.3) is 6.08 Å². The molecular weight excluding hydrogens is 260 g/mol. The molecule has 0 saturated heterocycles. The average molecular weight is 274 g/mol. The van der Waals surface area contributed by atoms with E-state index in [0.29, 0.717) is 16.9 Å². The monoisotopic (exact) mass is 274 g/mol. The first kappa shape index (κ1) is 13.3. The van der Waals surface area contributed by atoms with Crippen molar-refractivity contribution in [2.45, 2.75) is 11.8 Å². The molecule has 2 rings (SSSR count). The van der Waals surface area contributed by atoms with Gasteiger partial charge < -0.3 is 0 Å². The van der Waals surface area contributed by atoms with Crippen molar-refractivity contribution in [3.8, 4) is 0 Å². The summed E-state index contributed by atoms with van der Waals surface area (Å²) in [6, 6.07) is 10.4. The van der Waals surface area contributed by atoms with Crippen LogP contribution >= 0.6 is 0 Å². The van der Waals surface area contributed by atoms with Crippen LogP contribution in [0, 0.1) is 6.92 Å². The van der Waals surface area contributed by atoms with E-state index in [2.05, 4.69) is 16.3 Å². The van der Waals surface area contributed by atoms with E-state index in [1.165, 1.54) is 6.20 Å². The number of benzene rings is 1. The van der Waals surface area contributed by atoms with Gasteiger partial charge in [-0.05, 0) is 36.8 Å². The number of anilines is 1. The minimum atomic E-state index is -3.62. The molecule has 19 heavy (non-hydrogen) atoms. The second kappa shape index (κ2) is 5.24. The maximum atomic E-state index is 12.2. The molecule has 5 heteroatoms. The molecule has 0 fully saturated rings. The minimum absolute atomic E-state index is 0.168. The van der Waals surface area contributed by atoms with Crippen molar-refractivity contribution in [3.05, 3.63) is 60.4 Å². The summed E-state index contributed by atoms with van der Waals surface area (Å²) in [5.74, 6) is 0. The maximum Gasteiger partial charge on any atom is 0.263 e. The van der Waals surface area contributed by atoms with Gasteiger partial charge in [0, 0.05) is 11.9 Å². The Morgan fingerprint density at radius 3 is 2.53 bits per heavy atom. The molecule has 0 spiro atoms. The number of rotatable bonds is 4. The molecule has 0 aliphatic heterocycles. The third-order valence-corrected chi connectivity index (χ3v) is 4.12. The van der Waals surface area contributed by atoms with Crippen LogP contribution in [0.3, 0.4) is 0 Å². The van der Waals surface area contributed by atoms with Gasteiger partial charge in [0.25, 0.3) is 10.0 Å². The van der Waals surface area contributed by atoms with Gasteiger partial charge in [0.1, 0.15) is 4.90 Å². The highest BCUT2D eigenvalue weighted by Gasteiger charge is 2.17. The highest BCUT2D eigenvalue weighted by molar-refractivity contribution is 7.92. The summed E-state index contributed by atoms with van der Waals surface area (Å²) in [5.41, 5.74) is 1.80. The van der Waals surface area contributed by atoms with Gasteiger partial charge >= 0.3 is 0 Å². The van der Waals surface area contributed by atoms with Gasteiger partial charge in [-0.1, -0.05) is 24.8 Å². The van der Waals surface area contributed by atoms with Crippen LogP contribution in [0.4, 0.5) is 5.69 Å². The lowest BCUT2D eigenvalue weighted by Crippen LogP contribution is -2.14. The molecule has 1 N–H and O–H groups in total. The van der Waals surface area contributed by atoms with Gasteiger partial charge in [-0.3, -0.25) is 9.71 Å². The summed E-state index contributed by atoms with van der Waals surface area (Å²) in [6.07, 6.45) is 2.92. The van der Waals surface area contributed by atoms with Crippen molar-refractivity contribution in [1.29, 1.82) is 0 Å². The molecule has 1 aromatic carbocycles. The van der Waals surface area contributed by atoms with E-state index in [1.807, 2.05) is 6.07 Å². The standard InChI is InChI=1S/C14H14N2O2S/c1-3-12-9-11(2)14(10-15-12)19(17,18)16-13-7-5-4-6-8-13/h3-10,16H,1H2,2H3. The SMILES string of the molecule is C=Cc1cc(C)c(S(=O)(=O)Nc2ccccc2)cn1. The zero-order chi connectivity index (χ0) is 13.9. The Morgan fingerprint density at radius 2 is 1.95 bits per heavy atom. The van der Waals surface area contributed by atoms with Gasteiger partial charge in [-0.25, -0.2) is 8.42 Å². The van der Waals surface area contributed by atoms with Crippen molar-refractivity contribution < 1.29 is 8.42 Å². The smallest absolute Gasteiger partial charge is 0.263 e. The van der Waals surface area contributed by atoms with Crippen LogP contribution in [-0.2, 0) is 10.0 Å². The number of aromatic nitrogens is 1. The summed E-state index contributed by atoms with van der Waals surface area (Å²) in [7, 11) is -3.62. The van der Waals surface area contributed by atoms with Gasteiger partial charge in [-0.2, -0.15) is 0 Å². The third kappa shape index (κ3) is 3.00. The third-order valence-electron chi connectivity index (χ3n) is 2.61. The molecule has 0 saturated carbocycles. The highest BCUT2D eigenvalue weighted by atomic mass is 32.2. The first-order valence-corrected chi connectivity index (χ1v) is 7.18. The molecule has 0 atom stereocenters. The van der Waals surface area contributed by atoms with Gasteiger partial charge in [0.2, 0.25) is 0 Å². The zero-order valence-electron chi connectivity index (χ0n) is 10.5. The van der Waals surface area contributed by atoms with Crippen LogP contribution in [0.15, 0.2) is 54.1 Å². The van der Waals surface area contributed by atoms with E-state index in [1.54, 1.807) is 43.3 Å². The molecule has 0 bridgehead atoms. The second-order valence-corrected chi connectivity index (χ2v) is 5.70. The van der Waals surface area contributed by atoms with E-state index >= 15 is 0 Å². The van der Waals surface area contributed by atoms with Crippen molar-refractivity contribution in [2.24, 2.45) is 0 Å². The fourth-order valence-corrected chi connectivity index (χ4v) is 2.91. The van der Waals surface area contributed by atoms with Crippen molar-refractivity contribution in [2.75, 3.05) is 4.72 Å². The molecule has 0 amide bonds. The first-order valence-electron chi connectivity index (χ1n) is 5.70. The van der Waals surface area contributed by atoms with Gasteiger partial charge in [0.05, 0.1) is 5.69 Å². The van der Waals surface area contributed by atoms with E-state index < -0.39 is 10.0 Å². The molecule has 0 aliphatic carbocycles. The van der Waals surface area contributed by atoms with E-state index in [9.17, 15) is 8.42 Å². The Hall–Kier alpha value is -2.14. The molecule has 98 valence electrons. The Bertz CT molecular complexity index is 695. The topological polar surface area (TPSA) is 59.1 Å². The van der Waals surface area contributed by atoms with Crippen LogP contribution < -0.4 is 4.72 Å². The predicted molar refractivity (Wildman–Crippen MR) is 76.3 cm³/mol. The molecule has 1 heterocycles. The zero-order valence-corrected chi connectivity index (χ0v) is 11.3. The van der Waals surface area contributed by atoms with Crippen LogP contribution in [0.2, 0.25) is 0 Å². The lowest BCUT2D eigenvalue weighted by Gasteiger charge is -2.10. The van der Waals surface area contributed by atoms with Crippen LogP contribution in [0.5, 0.6) is 0 Å². The van der Waals surface area contributed by atoms with Crippen LogP contribution in [-0.4, -0.2) is 13.4 Å². The molecule has 0 unspecified atom stereocenters. The van der Waals surface area contributed by atoms with E-state index in [4.69, 9.17) is 0 Å². The van der Waals surface area contributed by atoms with Gasteiger partial charge in [-0.15, -0.1) is 0 Å². The van der Waals surface area contributed by atoms with Crippen molar-refractivity contribution in [3.63, 3.8) is 0 Å². The first-order chi connectivity index (χ1) is 9.03. The van der Waals surface area contributed by atoms with Crippen LogP contribution in [0.1, 0.15) is 11.3 Å². The number of hydrogen-bond donors (Lipinski definition) is 1. The Kier molecular flexibility index (Phi) is 3.66. The molecular formula is C14H14N2O2S. The number of para-hydroxylation sites is 1. The normalized spacial score (nSPS) is 11.0. The predicted octanol–water partition coefficient (Wildman–Crippen LogP) is 2.83. The van der Waals surface area contributed by atoms with E-state index in [-0.39, 0.29) is 4.90 Å². The highest BCUT2D eigenvalue weighted by Crippen LogP contribution is 2.19. The summed E-state index contributed by atoms with van der Waals surface area (Å²) in [4.78, 5) is 4.20. The fourth-order valence-electron chi connectivity index (χ4n) is 1.67. The van der Waals surface area contributed by atoms with Crippen molar-refractivity contribution in [1.82, 2.24) is 4.98 Å². The summed E-state index contributed by atoms with van der Waals surface area (Å²) >= 11 is 0. The number of nitrogens with one attached hydrogen (secondary N) is 1. The largest absolute Gasteiger partial charge is 0.280 e. The number of nitrogens with zero attached hydrogens (tertiary/aromatic N) is 1. The average Bonchev–Trinajstić information content (AvgIpc) is 2.38. The quantitative estimate of drug-likeness (QED) is 0.932. The number of hydrogen-bond acceptors (Lipinski definition) is 3. The summed E-state index contributed by atoms with van der Waals surface area (Å²) < 4.78 is 27.0. The number of sulfonamides is 1. The Morgan fingerprint density at radius 1 is 1.26 bits per heavy atom. The fraction of sp³-hybridized carbons (Fsp3) is 0.0714. The van der Waals surface area contributed by atoms with Crippen molar-refractivity contribution >= 4 is 21.8 Å². The van der Waals surface area contributed by atoms with E-state index in [0.717, 1.165) is 0 Å². The summed E-state index contributed by atoms with van der Waals surface area (Å²) in [5, 5.41) is 0. The molecule has 2 aromatic rings.